The normalized spacial score (nSPS) is 11.2. The summed E-state index contributed by atoms with van der Waals surface area (Å²) in [5, 5.41) is 10.9. The molecule has 0 aromatic rings. The third-order valence-electron chi connectivity index (χ3n) is 1.40. The maximum absolute atomic E-state index is 8.42. The van der Waals surface area contributed by atoms with Crippen molar-refractivity contribution in [3.05, 3.63) is 0 Å². The standard InChI is InChI=1S/C8H17N5/c1-12(2)6-5-10-8(11-7-9)13(3)4/h5-6H2,1-4H3,(H,10,11). The average Bonchev–Trinajstić information content (AvgIpc) is 2.02. The molecule has 0 radical (unpaired) electrons. The second-order valence-corrected chi connectivity index (χ2v) is 3.14. The average molecular weight is 183 g/mol. The molecule has 0 aliphatic rings. The van der Waals surface area contributed by atoms with Gasteiger partial charge in [0.1, 0.15) is 0 Å². The SMILES string of the molecule is CN(C)CCN=C(NC#N)N(C)C. The number of nitrogens with one attached hydrogen (secondary N) is 1. The van der Waals surface area contributed by atoms with Gasteiger partial charge in [-0.05, 0) is 14.1 Å². The summed E-state index contributed by atoms with van der Waals surface area (Å²) in [5.74, 6) is 0.601. The maximum Gasteiger partial charge on any atom is 0.206 e. The fourth-order valence-electron chi connectivity index (χ4n) is 0.699. The van der Waals surface area contributed by atoms with Crippen LogP contribution < -0.4 is 5.32 Å². The van der Waals surface area contributed by atoms with Crippen molar-refractivity contribution in [2.45, 2.75) is 0 Å². The van der Waals surface area contributed by atoms with Crippen molar-refractivity contribution >= 4 is 5.96 Å². The Hall–Kier alpha value is -1.28. The zero-order chi connectivity index (χ0) is 10.3. The summed E-state index contributed by atoms with van der Waals surface area (Å²) in [5.41, 5.74) is 0. The topological polar surface area (TPSA) is 54.7 Å². The molecular formula is C8H17N5. The minimum Gasteiger partial charge on any atom is -0.348 e. The summed E-state index contributed by atoms with van der Waals surface area (Å²) in [6.07, 6.45) is 1.85. The van der Waals surface area contributed by atoms with Gasteiger partial charge in [0.05, 0.1) is 6.54 Å². The highest BCUT2D eigenvalue weighted by molar-refractivity contribution is 5.80. The molecule has 0 aliphatic heterocycles. The van der Waals surface area contributed by atoms with E-state index in [0.29, 0.717) is 12.5 Å². The Morgan fingerprint density at radius 3 is 2.38 bits per heavy atom. The van der Waals surface area contributed by atoms with Gasteiger partial charge < -0.3 is 9.80 Å². The number of rotatable bonds is 3. The van der Waals surface area contributed by atoms with Crippen LogP contribution in [0.4, 0.5) is 0 Å². The Balaban J connectivity index is 3.98. The predicted molar refractivity (Wildman–Crippen MR) is 53.3 cm³/mol. The first-order valence-electron chi connectivity index (χ1n) is 4.09. The molecular weight excluding hydrogens is 166 g/mol. The molecule has 0 aromatic heterocycles. The van der Waals surface area contributed by atoms with Crippen molar-refractivity contribution in [1.82, 2.24) is 15.1 Å². The summed E-state index contributed by atoms with van der Waals surface area (Å²) >= 11 is 0. The number of guanidine groups is 1. The first kappa shape index (κ1) is 11.7. The quantitative estimate of drug-likeness (QED) is 0.278. The van der Waals surface area contributed by atoms with Gasteiger partial charge in [0.25, 0.3) is 0 Å². The van der Waals surface area contributed by atoms with Crippen molar-refractivity contribution in [3.63, 3.8) is 0 Å². The minimum atomic E-state index is 0.601. The van der Waals surface area contributed by atoms with Gasteiger partial charge in [-0.1, -0.05) is 0 Å². The number of nitrogens with zero attached hydrogens (tertiary/aromatic N) is 4. The second kappa shape index (κ2) is 6.26. The fourth-order valence-corrected chi connectivity index (χ4v) is 0.699. The van der Waals surface area contributed by atoms with Gasteiger partial charge in [-0.25, -0.2) is 0 Å². The number of likely N-dealkylation sites (N-methyl/N-ethyl adjacent to an activating group) is 1. The number of hydrogen-bond donors (Lipinski definition) is 1. The molecule has 0 atom stereocenters. The smallest absolute Gasteiger partial charge is 0.206 e. The van der Waals surface area contributed by atoms with Crippen molar-refractivity contribution in [3.8, 4) is 6.19 Å². The minimum absolute atomic E-state index is 0.601. The lowest BCUT2D eigenvalue weighted by Crippen LogP contribution is -2.34. The molecule has 0 spiro atoms. The lowest BCUT2D eigenvalue weighted by molar-refractivity contribution is 0.419. The molecule has 74 valence electrons. The first-order valence-corrected chi connectivity index (χ1v) is 4.09. The van der Waals surface area contributed by atoms with Crippen LogP contribution in [0.1, 0.15) is 0 Å². The summed E-state index contributed by atoms with van der Waals surface area (Å²) in [6.45, 7) is 1.57. The van der Waals surface area contributed by atoms with Gasteiger partial charge in [-0.15, -0.1) is 0 Å². The van der Waals surface area contributed by atoms with Crippen LogP contribution >= 0.6 is 0 Å². The van der Waals surface area contributed by atoms with Gasteiger partial charge in [0, 0.05) is 20.6 Å². The molecule has 0 fully saturated rings. The van der Waals surface area contributed by atoms with Crippen molar-refractivity contribution in [2.75, 3.05) is 41.3 Å². The molecule has 0 bridgehead atoms. The molecule has 0 unspecified atom stereocenters. The molecule has 0 heterocycles. The van der Waals surface area contributed by atoms with Crippen molar-refractivity contribution in [2.24, 2.45) is 4.99 Å². The summed E-state index contributed by atoms with van der Waals surface area (Å²) in [7, 11) is 7.67. The van der Waals surface area contributed by atoms with Gasteiger partial charge in [-0.3, -0.25) is 10.3 Å². The highest BCUT2D eigenvalue weighted by Gasteiger charge is 1.98. The third kappa shape index (κ3) is 5.93. The highest BCUT2D eigenvalue weighted by atomic mass is 15.3. The van der Waals surface area contributed by atoms with Crippen LogP contribution in [0.3, 0.4) is 0 Å². The largest absolute Gasteiger partial charge is 0.348 e. The highest BCUT2D eigenvalue weighted by Crippen LogP contribution is 1.82. The van der Waals surface area contributed by atoms with E-state index in [1.165, 1.54) is 0 Å². The Kier molecular flexibility index (Phi) is 5.64. The summed E-state index contributed by atoms with van der Waals surface area (Å²) in [6, 6.07) is 0. The molecule has 1 N–H and O–H groups in total. The first-order chi connectivity index (χ1) is 6.07. The van der Waals surface area contributed by atoms with E-state index < -0.39 is 0 Å². The van der Waals surface area contributed by atoms with Gasteiger partial charge >= 0.3 is 0 Å². The van der Waals surface area contributed by atoms with Crippen LogP contribution in [0.5, 0.6) is 0 Å². The Labute approximate surface area is 79.7 Å². The molecule has 5 nitrogen and oxygen atoms in total. The summed E-state index contributed by atoms with van der Waals surface area (Å²) < 4.78 is 0. The number of hydrogen-bond acceptors (Lipinski definition) is 3. The third-order valence-corrected chi connectivity index (χ3v) is 1.40. The van der Waals surface area contributed by atoms with E-state index in [-0.39, 0.29) is 0 Å². The zero-order valence-electron chi connectivity index (χ0n) is 8.70. The van der Waals surface area contributed by atoms with E-state index in [1.807, 2.05) is 39.3 Å². The van der Waals surface area contributed by atoms with Crippen LogP contribution in [0.25, 0.3) is 0 Å². The van der Waals surface area contributed by atoms with E-state index in [9.17, 15) is 0 Å². The van der Waals surface area contributed by atoms with Gasteiger partial charge in [0.15, 0.2) is 6.19 Å². The molecule has 0 saturated carbocycles. The van der Waals surface area contributed by atoms with Crippen molar-refractivity contribution in [1.29, 1.82) is 5.26 Å². The Bertz CT molecular complexity index is 201. The van der Waals surface area contributed by atoms with E-state index in [1.54, 1.807) is 4.90 Å². The van der Waals surface area contributed by atoms with Gasteiger partial charge in [0.2, 0.25) is 5.96 Å². The zero-order valence-corrected chi connectivity index (χ0v) is 8.70. The van der Waals surface area contributed by atoms with E-state index >= 15 is 0 Å². The predicted octanol–water partition coefficient (Wildman–Crippen LogP) is -0.464. The monoisotopic (exact) mass is 183 g/mol. The molecule has 13 heavy (non-hydrogen) atoms. The lowest BCUT2D eigenvalue weighted by atomic mass is 10.6. The molecule has 5 heteroatoms. The van der Waals surface area contributed by atoms with Crippen LogP contribution in [-0.4, -0.2) is 57.0 Å². The lowest BCUT2D eigenvalue weighted by Gasteiger charge is -2.14. The van der Waals surface area contributed by atoms with Crippen LogP contribution in [0.15, 0.2) is 4.99 Å². The molecule has 0 aromatic carbocycles. The van der Waals surface area contributed by atoms with Crippen LogP contribution in [-0.2, 0) is 0 Å². The van der Waals surface area contributed by atoms with Crippen molar-refractivity contribution < 1.29 is 0 Å². The molecule has 0 amide bonds. The number of nitriles is 1. The van der Waals surface area contributed by atoms with E-state index in [2.05, 4.69) is 10.3 Å². The van der Waals surface area contributed by atoms with Gasteiger partial charge in [-0.2, -0.15) is 5.26 Å². The number of aliphatic imine (C=N–C) groups is 1. The van der Waals surface area contributed by atoms with Crippen LogP contribution in [0, 0.1) is 11.5 Å². The molecule has 0 rings (SSSR count). The Morgan fingerprint density at radius 2 is 2.00 bits per heavy atom. The maximum atomic E-state index is 8.42. The Morgan fingerprint density at radius 1 is 1.38 bits per heavy atom. The van der Waals surface area contributed by atoms with Crippen LogP contribution in [0.2, 0.25) is 0 Å². The second-order valence-electron chi connectivity index (χ2n) is 3.14. The molecule has 0 aliphatic carbocycles. The molecule has 0 saturated heterocycles. The van der Waals surface area contributed by atoms with E-state index in [4.69, 9.17) is 5.26 Å². The fraction of sp³-hybridized carbons (Fsp3) is 0.750. The van der Waals surface area contributed by atoms with E-state index in [0.717, 1.165) is 6.54 Å². The summed E-state index contributed by atoms with van der Waals surface area (Å²) in [4.78, 5) is 8.04.